The fourth-order valence-corrected chi connectivity index (χ4v) is 0.935. The highest BCUT2D eigenvalue weighted by Gasteiger charge is 1.86. The van der Waals surface area contributed by atoms with E-state index in [-0.39, 0.29) is 0 Å². The summed E-state index contributed by atoms with van der Waals surface area (Å²) in [7, 11) is 0. The summed E-state index contributed by atoms with van der Waals surface area (Å²) in [6.45, 7) is 1.02. The molecule has 1 heteroatoms. The Hall–Kier alpha value is -0.590. The van der Waals surface area contributed by atoms with Crippen LogP contribution in [0.5, 0.6) is 0 Å². The first-order chi connectivity index (χ1) is 4.50. The van der Waals surface area contributed by atoms with Crippen molar-refractivity contribution in [1.29, 1.82) is 0 Å². The molecule has 1 aliphatic heterocycles. The number of allylic oxidation sites excluding steroid dienone is 2. The number of hydrogen-bond acceptors (Lipinski definition) is 1. The molecule has 0 radical (unpaired) electrons. The average Bonchev–Trinajstić information content (AvgIpc) is 2.00. The fourth-order valence-electron chi connectivity index (χ4n) is 0.935. The third-order valence-corrected chi connectivity index (χ3v) is 1.49. The zero-order valence-electron chi connectivity index (χ0n) is 5.71. The molecule has 1 rings (SSSR count). The molecule has 1 aliphatic rings. The molecule has 0 bridgehead atoms. The van der Waals surface area contributed by atoms with Crippen LogP contribution in [0.1, 0.15) is 25.7 Å². The van der Waals surface area contributed by atoms with Crippen molar-refractivity contribution in [2.45, 2.75) is 25.7 Å². The van der Waals surface area contributed by atoms with Crippen molar-refractivity contribution < 1.29 is 0 Å². The quantitative estimate of drug-likeness (QED) is 0.468. The van der Waals surface area contributed by atoms with E-state index in [1.54, 1.807) is 0 Å². The summed E-state index contributed by atoms with van der Waals surface area (Å²) in [6, 6.07) is 0. The summed E-state index contributed by atoms with van der Waals surface area (Å²) in [5, 5.41) is 0. The SMILES string of the molecule is C1=CCCCCCN=C1. The van der Waals surface area contributed by atoms with Gasteiger partial charge < -0.3 is 0 Å². The number of rotatable bonds is 0. The van der Waals surface area contributed by atoms with Gasteiger partial charge in [-0.2, -0.15) is 0 Å². The van der Waals surface area contributed by atoms with Gasteiger partial charge in [0, 0.05) is 12.8 Å². The molecule has 0 fully saturated rings. The largest absolute Gasteiger partial charge is 0.293 e. The van der Waals surface area contributed by atoms with Crippen LogP contribution in [-0.4, -0.2) is 12.8 Å². The predicted molar refractivity (Wildman–Crippen MR) is 41.0 cm³/mol. The first-order valence-corrected chi connectivity index (χ1v) is 3.65. The van der Waals surface area contributed by atoms with Gasteiger partial charge in [-0.3, -0.25) is 4.99 Å². The summed E-state index contributed by atoms with van der Waals surface area (Å²) in [5.74, 6) is 0. The van der Waals surface area contributed by atoms with Gasteiger partial charge in [0.05, 0.1) is 0 Å². The monoisotopic (exact) mass is 123 g/mol. The highest BCUT2D eigenvalue weighted by atomic mass is 14.7. The first-order valence-electron chi connectivity index (χ1n) is 3.65. The molecule has 0 atom stereocenters. The molecular formula is C8H13N. The molecule has 50 valence electrons. The van der Waals surface area contributed by atoms with Crippen LogP contribution in [0.15, 0.2) is 17.1 Å². The van der Waals surface area contributed by atoms with Crippen molar-refractivity contribution in [2.75, 3.05) is 6.54 Å². The third kappa shape index (κ3) is 3.07. The molecule has 9 heavy (non-hydrogen) atoms. The van der Waals surface area contributed by atoms with Gasteiger partial charge in [-0.1, -0.05) is 12.5 Å². The summed E-state index contributed by atoms with van der Waals surface area (Å²) < 4.78 is 0. The molecule has 0 N–H and O–H groups in total. The lowest BCUT2D eigenvalue weighted by atomic mass is 10.2. The van der Waals surface area contributed by atoms with Gasteiger partial charge in [-0.25, -0.2) is 0 Å². The number of hydrogen-bond donors (Lipinski definition) is 0. The van der Waals surface area contributed by atoms with E-state index in [1.165, 1.54) is 25.7 Å². The molecular weight excluding hydrogens is 110 g/mol. The minimum absolute atomic E-state index is 1.02. The molecule has 1 heterocycles. The van der Waals surface area contributed by atoms with Crippen molar-refractivity contribution in [1.82, 2.24) is 0 Å². The van der Waals surface area contributed by atoms with Crippen LogP contribution >= 0.6 is 0 Å². The summed E-state index contributed by atoms with van der Waals surface area (Å²) in [6.07, 6.45) is 11.3. The van der Waals surface area contributed by atoms with Crippen LogP contribution in [0.4, 0.5) is 0 Å². The second kappa shape index (κ2) is 4.30. The van der Waals surface area contributed by atoms with Gasteiger partial charge in [-0.15, -0.1) is 0 Å². The van der Waals surface area contributed by atoms with Crippen molar-refractivity contribution in [2.24, 2.45) is 4.99 Å². The van der Waals surface area contributed by atoms with Crippen LogP contribution in [0, 0.1) is 0 Å². The Balaban J connectivity index is 2.28. The maximum absolute atomic E-state index is 4.18. The minimum atomic E-state index is 1.02. The van der Waals surface area contributed by atoms with Crippen LogP contribution in [-0.2, 0) is 0 Å². The molecule has 1 nitrogen and oxygen atoms in total. The lowest BCUT2D eigenvalue weighted by Gasteiger charge is -1.91. The molecule has 0 saturated heterocycles. The molecule has 0 aromatic heterocycles. The standard InChI is InChI=1S/C8H13N/c1-2-4-6-8-9-7-5-3-1/h3,5,7H,1-2,4,6,8H2. The zero-order valence-corrected chi connectivity index (χ0v) is 5.71. The van der Waals surface area contributed by atoms with Crippen LogP contribution < -0.4 is 0 Å². The number of aliphatic imine (C=N–C) groups is 1. The van der Waals surface area contributed by atoms with E-state index in [0.717, 1.165) is 6.54 Å². The lowest BCUT2D eigenvalue weighted by Crippen LogP contribution is -1.79. The number of nitrogens with zero attached hydrogens (tertiary/aromatic N) is 1. The third-order valence-electron chi connectivity index (χ3n) is 1.49. The second-order valence-corrected chi connectivity index (χ2v) is 2.33. The van der Waals surface area contributed by atoms with E-state index in [9.17, 15) is 0 Å². The average molecular weight is 123 g/mol. The van der Waals surface area contributed by atoms with Gasteiger partial charge in [-0.05, 0) is 25.3 Å². The van der Waals surface area contributed by atoms with Gasteiger partial charge in [0.1, 0.15) is 0 Å². The highest BCUT2D eigenvalue weighted by molar-refractivity contribution is 5.70. The van der Waals surface area contributed by atoms with Crippen molar-refractivity contribution >= 4 is 6.21 Å². The van der Waals surface area contributed by atoms with Gasteiger partial charge >= 0.3 is 0 Å². The molecule has 0 aliphatic carbocycles. The summed E-state index contributed by atoms with van der Waals surface area (Å²) in [4.78, 5) is 4.18. The molecule has 0 amide bonds. The Labute approximate surface area is 56.5 Å². The van der Waals surface area contributed by atoms with Gasteiger partial charge in [0.15, 0.2) is 0 Å². The maximum Gasteiger partial charge on any atom is 0.0389 e. The van der Waals surface area contributed by atoms with Crippen LogP contribution in [0.25, 0.3) is 0 Å². The predicted octanol–water partition coefficient (Wildman–Crippen LogP) is 2.19. The topological polar surface area (TPSA) is 12.4 Å². The maximum atomic E-state index is 4.18. The van der Waals surface area contributed by atoms with E-state index in [4.69, 9.17) is 0 Å². The van der Waals surface area contributed by atoms with Gasteiger partial charge in [0.25, 0.3) is 0 Å². The first kappa shape index (κ1) is 6.53. The summed E-state index contributed by atoms with van der Waals surface area (Å²) >= 11 is 0. The summed E-state index contributed by atoms with van der Waals surface area (Å²) in [5.41, 5.74) is 0. The second-order valence-electron chi connectivity index (χ2n) is 2.33. The Morgan fingerprint density at radius 3 is 3.11 bits per heavy atom. The highest BCUT2D eigenvalue weighted by Crippen LogP contribution is 2.01. The lowest BCUT2D eigenvalue weighted by molar-refractivity contribution is 0.700. The van der Waals surface area contributed by atoms with E-state index < -0.39 is 0 Å². The molecule has 0 aromatic carbocycles. The molecule has 0 aromatic rings. The Morgan fingerprint density at radius 1 is 1.11 bits per heavy atom. The van der Waals surface area contributed by atoms with Crippen molar-refractivity contribution in [3.8, 4) is 0 Å². The Morgan fingerprint density at radius 2 is 2.11 bits per heavy atom. The molecule has 0 unspecified atom stereocenters. The Bertz CT molecular complexity index is 99.7. The fraction of sp³-hybridized carbons (Fsp3) is 0.625. The van der Waals surface area contributed by atoms with E-state index in [1.807, 2.05) is 12.3 Å². The van der Waals surface area contributed by atoms with Crippen molar-refractivity contribution in [3.63, 3.8) is 0 Å². The molecule has 0 spiro atoms. The van der Waals surface area contributed by atoms with E-state index in [2.05, 4.69) is 11.1 Å². The molecule has 0 saturated carbocycles. The Kier molecular flexibility index (Phi) is 3.12. The van der Waals surface area contributed by atoms with E-state index in [0.29, 0.717) is 0 Å². The van der Waals surface area contributed by atoms with Crippen molar-refractivity contribution in [3.05, 3.63) is 12.2 Å². The van der Waals surface area contributed by atoms with E-state index >= 15 is 0 Å². The normalized spacial score (nSPS) is 20.4. The smallest absolute Gasteiger partial charge is 0.0389 e. The van der Waals surface area contributed by atoms with Gasteiger partial charge in [0.2, 0.25) is 0 Å². The minimum Gasteiger partial charge on any atom is -0.293 e. The van der Waals surface area contributed by atoms with Crippen LogP contribution in [0.2, 0.25) is 0 Å². The zero-order chi connectivity index (χ0) is 6.36. The van der Waals surface area contributed by atoms with Crippen LogP contribution in [0.3, 0.4) is 0 Å².